The highest BCUT2D eigenvalue weighted by molar-refractivity contribution is 5.85. The molecule has 1 unspecified atom stereocenters. The van der Waals surface area contributed by atoms with Gasteiger partial charge in [-0.05, 0) is 19.2 Å². The second-order valence-electron chi connectivity index (χ2n) is 5.50. The molecule has 1 aliphatic rings. The molecule has 0 aliphatic carbocycles. The normalized spacial score (nSPS) is 18.2. The maximum atomic E-state index is 5.73. The average Bonchev–Trinajstić information content (AvgIpc) is 3.05. The van der Waals surface area contributed by atoms with Gasteiger partial charge in [-0.2, -0.15) is 4.98 Å². The number of nitrogens with one attached hydrogen (secondary N) is 1. The van der Waals surface area contributed by atoms with Crippen molar-refractivity contribution < 1.29 is 14.0 Å². The number of ether oxygens (including phenoxy) is 2. The molecule has 3 rings (SSSR count). The number of aromatic nitrogens is 2. The summed E-state index contributed by atoms with van der Waals surface area (Å²) in [5.41, 5.74) is 0.800. The van der Waals surface area contributed by atoms with Crippen molar-refractivity contribution in [2.45, 2.75) is 6.04 Å². The lowest BCUT2D eigenvalue weighted by atomic mass is 10.2. The number of hydrogen-bond donors (Lipinski definition) is 1. The Kier molecular flexibility index (Phi) is 6.99. The highest BCUT2D eigenvalue weighted by atomic mass is 35.5. The highest BCUT2D eigenvalue weighted by Gasteiger charge is 2.26. The van der Waals surface area contributed by atoms with Gasteiger partial charge in [0.1, 0.15) is 12.4 Å². The molecule has 24 heavy (non-hydrogen) atoms. The molecule has 1 fully saturated rings. The Morgan fingerprint density at radius 1 is 1.33 bits per heavy atom. The summed E-state index contributed by atoms with van der Waals surface area (Å²) in [5, 5.41) is 7.51. The van der Waals surface area contributed by atoms with Crippen LogP contribution in [0.5, 0.6) is 5.75 Å². The van der Waals surface area contributed by atoms with E-state index in [4.69, 9.17) is 14.0 Å². The van der Waals surface area contributed by atoms with Crippen molar-refractivity contribution in [1.29, 1.82) is 0 Å². The number of nitrogens with zero attached hydrogens (tertiary/aromatic N) is 3. The smallest absolute Gasteiger partial charge is 0.261 e. The number of piperazine rings is 1. The van der Waals surface area contributed by atoms with Crippen LogP contribution < -0.4 is 10.1 Å². The minimum Gasteiger partial charge on any atom is -0.490 e. The first-order valence-corrected chi connectivity index (χ1v) is 7.75. The van der Waals surface area contributed by atoms with Crippen molar-refractivity contribution in [3.8, 4) is 17.2 Å². The van der Waals surface area contributed by atoms with E-state index in [0.717, 1.165) is 30.9 Å². The van der Waals surface area contributed by atoms with E-state index in [9.17, 15) is 0 Å². The lowest BCUT2D eigenvalue weighted by Gasteiger charge is -2.30. The van der Waals surface area contributed by atoms with E-state index in [2.05, 4.69) is 27.4 Å². The quantitative estimate of drug-likeness (QED) is 0.792. The Labute approximate surface area is 147 Å². The molecule has 7 nitrogen and oxygen atoms in total. The zero-order valence-corrected chi connectivity index (χ0v) is 14.7. The molecular weight excluding hydrogens is 332 g/mol. The topological polar surface area (TPSA) is 72.7 Å². The third-order valence-corrected chi connectivity index (χ3v) is 3.91. The molecule has 2 aromatic rings. The van der Waals surface area contributed by atoms with Gasteiger partial charge in [-0.1, -0.05) is 17.3 Å². The molecule has 1 aliphatic heterocycles. The summed E-state index contributed by atoms with van der Waals surface area (Å²) in [7, 11) is 3.72. The Balaban J connectivity index is 0.00000208. The van der Waals surface area contributed by atoms with Gasteiger partial charge >= 0.3 is 0 Å². The van der Waals surface area contributed by atoms with Gasteiger partial charge in [0.15, 0.2) is 5.82 Å². The molecule has 0 amide bonds. The lowest BCUT2D eigenvalue weighted by molar-refractivity contribution is 0.146. The number of likely N-dealkylation sites (N-methyl/N-ethyl adjacent to an activating group) is 1. The summed E-state index contributed by atoms with van der Waals surface area (Å²) in [4.78, 5) is 6.80. The van der Waals surface area contributed by atoms with E-state index in [0.29, 0.717) is 24.9 Å². The standard InChI is InChI=1S/C16H22N4O3.ClH/c1-20-8-7-17-11-13(20)15-18-16(23-19-15)12-5-3-4-6-14(12)22-10-9-21-2;/h3-6,13,17H,7-11H2,1-2H3;1H. The van der Waals surface area contributed by atoms with Gasteiger partial charge in [0.05, 0.1) is 18.2 Å². The second-order valence-corrected chi connectivity index (χ2v) is 5.50. The van der Waals surface area contributed by atoms with E-state index < -0.39 is 0 Å². The van der Waals surface area contributed by atoms with Crippen LogP contribution in [0.1, 0.15) is 11.9 Å². The van der Waals surface area contributed by atoms with Crippen LogP contribution in [0.25, 0.3) is 11.5 Å². The first kappa shape index (κ1) is 18.7. The number of benzene rings is 1. The van der Waals surface area contributed by atoms with Gasteiger partial charge in [0.2, 0.25) is 0 Å². The van der Waals surface area contributed by atoms with Gasteiger partial charge < -0.3 is 19.3 Å². The number of halogens is 1. The van der Waals surface area contributed by atoms with Crippen molar-refractivity contribution in [3.63, 3.8) is 0 Å². The fourth-order valence-electron chi connectivity index (χ4n) is 2.58. The molecule has 8 heteroatoms. The van der Waals surface area contributed by atoms with E-state index >= 15 is 0 Å². The Morgan fingerprint density at radius 2 is 2.17 bits per heavy atom. The summed E-state index contributed by atoms with van der Waals surface area (Å²) in [6.45, 7) is 3.77. The van der Waals surface area contributed by atoms with Crippen LogP contribution in [0.2, 0.25) is 0 Å². The molecule has 1 atom stereocenters. The minimum absolute atomic E-state index is 0. The summed E-state index contributed by atoms with van der Waals surface area (Å²) in [6.07, 6.45) is 0. The molecule has 1 aromatic heterocycles. The Bertz CT molecular complexity index is 637. The van der Waals surface area contributed by atoms with Crippen LogP contribution in [-0.2, 0) is 4.74 Å². The van der Waals surface area contributed by atoms with Gasteiger partial charge in [-0.15, -0.1) is 12.4 Å². The maximum Gasteiger partial charge on any atom is 0.261 e. The largest absolute Gasteiger partial charge is 0.490 e. The van der Waals surface area contributed by atoms with Gasteiger partial charge in [-0.3, -0.25) is 4.90 Å². The fourth-order valence-corrected chi connectivity index (χ4v) is 2.58. The van der Waals surface area contributed by atoms with E-state index in [1.165, 1.54) is 0 Å². The number of para-hydroxylation sites is 1. The first-order chi connectivity index (χ1) is 11.3. The molecule has 0 radical (unpaired) electrons. The van der Waals surface area contributed by atoms with Gasteiger partial charge in [-0.25, -0.2) is 0 Å². The highest BCUT2D eigenvalue weighted by Crippen LogP contribution is 2.30. The zero-order chi connectivity index (χ0) is 16.1. The molecule has 1 aromatic carbocycles. The molecular formula is C16H23ClN4O3. The molecule has 0 saturated carbocycles. The monoisotopic (exact) mass is 354 g/mol. The van der Waals surface area contributed by atoms with Crippen molar-refractivity contribution in [1.82, 2.24) is 20.4 Å². The molecule has 1 N–H and O–H groups in total. The predicted octanol–water partition coefficient (Wildman–Crippen LogP) is 1.76. The lowest BCUT2D eigenvalue weighted by Crippen LogP contribution is -2.44. The number of methoxy groups -OCH3 is 1. The number of rotatable bonds is 6. The van der Waals surface area contributed by atoms with Crippen LogP contribution >= 0.6 is 12.4 Å². The summed E-state index contributed by atoms with van der Waals surface area (Å²) >= 11 is 0. The van der Waals surface area contributed by atoms with E-state index in [1.807, 2.05) is 24.3 Å². The third-order valence-electron chi connectivity index (χ3n) is 3.91. The first-order valence-electron chi connectivity index (χ1n) is 7.75. The van der Waals surface area contributed by atoms with E-state index in [1.54, 1.807) is 7.11 Å². The molecule has 1 saturated heterocycles. The van der Waals surface area contributed by atoms with Gasteiger partial charge in [0.25, 0.3) is 5.89 Å². The van der Waals surface area contributed by atoms with Crippen LogP contribution in [0, 0.1) is 0 Å². The number of hydrogen-bond acceptors (Lipinski definition) is 7. The van der Waals surface area contributed by atoms with Crippen LogP contribution in [0.4, 0.5) is 0 Å². The Morgan fingerprint density at radius 3 is 2.96 bits per heavy atom. The molecule has 0 spiro atoms. The van der Waals surface area contributed by atoms with Gasteiger partial charge in [0, 0.05) is 26.7 Å². The average molecular weight is 355 g/mol. The molecule has 132 valence electrons. The van der Waals surface area contributed by atoms with Crippen molar-refractivity contribution in [3.05, 3.63) is 30.1 Å². The molecule has 2 heterocycles. The zero-order valence-electron chi connectivity index (χ0n) is 13.9. The summed E-state index contributed by atoms with van der Waals surface area (Å²) in [6, 6.07) is 7.78. The SMILES string of the molecule is COCCOc1ccccc1-c1nc(C2CNCCN2C)no1.Cl. The van der Waals surface area contributed by atoms with Crippen molar-refractivity contribution >= 4 is 12.4 Å². The summed E-state index contributed by atoms with van der Waals surface area (Å²) < 4.78 is 16.2. The van der Waals surface area contributed by atoms with Crippen molar-refractivity contribution in [2.24, 2.45) is 0 Å². The van der Waals surface area contributed by atoms with E-state index in [-0.39, 0.29) is 18.4 Å². The molecule has 0 bridgehead atoms. The Hall–Kier alpha value is -1.67. The van der Waals surface area contributed by atoms with Crippen LogP contribution in [0.15, 0.2) is 28.8 Å². The summed E-state index contributed by atoms with van der Waals surface area (Å²) in [5.74, 6) is 1.89. The third kappa shape index (κ3) is 4.24. The fraction of sp³-hybridized carbons (Fsp3) is 0.500. The minimum atomic E-state index is 0. The maximum absolute atomic E-state index is 5.73. The van der Waals surface area contributed by atoms with Crippen LogP contribution in [-0.4, -0.2) is 62.0 Å². The second kappa shape index (κ2) is 8.98. The van der Waals surface area contributed by atoms with Crippen molar-refractivity contribution in [2.75, 3.05) is 47.0 Å². The van der Waals surface area contributed by atoms with Crippen LogP contribution in [0.3, 0.4) is 0 Å². The predicted molar refractivity (Wildman–Crippen MR) is 92.6 cm³/mol.